The molecule has 1 saturated heterocycles. The quantitative estimate of drug-likeness (QED) is 0.108. The maximum atomic E-state index is 13.8. The standard InChI is InChI=1S/C35H37F6IN2O5/c1-6-8-21-16-25(33(47,34(36,37)38)35(39,40)41)17-22(9-7-2)29(21)49-27-14-15-28(42)23(18-27)19-44-30(45)32(5,43-31(44)46)24-10-12-26(13-11-24)48-20(3)4/h10-18,20,47H,6-9,19H2,1-5H3,(H,43,46). The summed E-state index contributed by atoms with van der Waals surface area (Å²) in [7, 11) is 0. The van der Waals surface area contributed by atoms with Gasteiger partial charge in [0.15, 0.2) is 0 Å². The summed E-state index contributed by atoms with van der Waals surface area (Å²) < 4.78 is 95.4. The fraction of sp³-hybridized carbons (Fsp3) is 0.429. The molecule has 3 aromatic rings. The highest BCUT2D eigenvalue weighted by Crippen LogP contribution is 2.51. The molecule has 0 aromatic heterocycles. The Morgan fingerprint density at radius 2 is 1.39 bits per heavy atom. The first-order valence-electron chi connectivity index (χ1n) is 15.7. The van der Waals surface area contributed by atoms with Crippen molar-refractivity contribution in [2.75, 3.05) is 0 Å². The smallest absolute Gasteiger partial charge is 0.430 e. The van der Waals surface area contributed by atoms with Gasteiger partial charge in [-0.25, -0.2) is 4.79 Å². The van der Waals surface area contributed by atoms with Gasteiger partial charge in [-0.1, -0.05) is 38.8 Å². The molecule has 0 saturated carbocycles. The summed E-state index contributed by atoms with van der Waals surface area (Å²) in [6.07, 6.45) is -11.3. The first kappa shape index (κ1) is 38.3. The average molecular weight is 807 g/mol. The van der Waals surface area contributed by atoms with Gasteiger partial charge in [0.05, 0.1) is 12.6 Å². The van der Waals surface area contributed by atoms with Crippen LogP contribution < -0.4 is 14.8 Å². The number of alkyl halides is 6. The number of carbonyl (C=O) groups excluding carboxylic acids is 2. The molecule has 3 amide bonds. The summed E-state index contributed by atoms with van der Waals surface area (Å²) in [6.45, 7) is 8.64. The number of ether oxygens (including phenoxy) is 2. The van der Waals surface area contributed by atoms with E-state index in [1.165, 1.54) is 0 Å². The Morgan fingerprint density at radius 3 is 1.88 bits per heavy atom. The van der Waals surface area contributed by atoms with Crippen molar-refractivity contribution in [2.45, 2.75) is 96.4 Å². The number of hydrogen-bond donors (Lipinski definition) is 2. The maximum Gasteiger partial charge on any atom is 0.430 e. The van der Waals surface area contributed by atoms with E-state index >= 15 is 0 Å². The van der Waals surface area contributed by atoms with Crippen LogP contribution in [0.2, 0.25) is 0 Å². The predicted octanol–water partition coefficient (Wildman–Crippen LogP) is 9.06. The van der Waals surface area contributed by atoms with E-state index in [4.69, 9.17) is 9.47 Å². The molecule has 266 valence electrons. The second-order valence-corrected chi connectivity index (χ2v) is 13.5. The number of amides is 3. The molecule has 0 radical (unpaired) electrons. The zero-order chi connectivity index (χ0) is 36.5. The van der Waals surface area contributed by atoms with E-state index in [1.54, 1.807) is 63.2 Å². The van der Waals surface area contributed by atoms with Crippen LogP contribution in [0.15, 0.2) is 54.6 Å². The lowest BCUT2D eigenvalue weighted by molar-refractivity contribution is -0.376. The predicted molar refractivity (Wildman–Crippen MR) is 178 cm³/mol. The van der Waals surface area contributed by atoms with E-state index < -0.39 is 41.0 Å². The third-order valence-corrected chi connectivity index (χ3v) is 9.22. The Kier molecular flexibility index (Phi) is 11.2. The van der Waals surface area contributed by atoms with Crippen molar-refractivity contribution in [3.8, 4) is 17.2 Å². The highest BCUT2D eigenvalue weighted by Gasteiger charge is 2.71. The molecule has 2 N–H and O–H groups in total. The highest BCUT2D eigenvalue weighted by atomic mass is 127. The molecule has 0 aliphatic carbocycles. The maximum absolute atomic E-state index is 13.8. The van der Waals surface area contributed by atoms with Gasteiger partial charge in [-0.2, -0.15) is 26.3 Å². The Balaban J connectivity index is 1.68. The SMILES string of the molecule is CCCc1cc(C(O)(C(F)(F)F)C(F)(F)F)cc(CCC)c1Oc1ccc(I)c(CN2C(=O)NC(C)(c3ccc(OC(C)C)cc3)C2=O)c1. The summed E-state index contributed by atoms with van der Waals surface area (Å²) in [5, 5.41) is 12.9. The minimum absolute atomic E-state index is 0.0495. The van der Waals surface area contributed by atoms with Crippen LogP contribution in [-0.2, 0) is 35.3 Å². The van der Waals surface area contributed by atoms with E-state index in [0.29, 0.717) is 45.4 Å². The Labute approximate surface area is 294 Å². The van der Waals surface area contributed by atoms with Crippen LogP contribution in [0.4, 0.5) is 31.1 Å². The Bertz CT molecular complexity index is 1650. The lowest BCUT2D eigenvalue weighted by atomic mass is 9.87. The number of nitrogens with one attached hydrogen (secondary N) is 1. The molecule has 3 aromatic carbocycles. The molecule has 0 bridgehead atoms. The second-order valence-electron chi connectivity index (χ2n) is 12.3. The molecule has 14 heteroatoms. The molecule has 7 nitrogen and oxygen atoms in total. The number of urea groups is 1. The summed E-state index contributed by atoms with van der Waals surface area (Å²) in [4.78, 5) is 27.9. The van der Waals surface area contributed by atoms with Gasteiger partial charge in [0.25, 0.3) is 11.5 Å². The Hall–Kier alpha value is -3.53. The topological polar surface area (TPSA) is 88.1 Å². The minimum Gasteiger partial charge on any atom is -0.491 e. The van der Waals surface area contributed by atoms with Crippen molar-refractivity contribution in [3.63, 3.8) is 0 Å². The van der Waals surface area contributed by atoms with Crippen LogP contribution in [0.1, 0.15) is 75.3 Å². The number of aliphatic hydroxyl groups is 1. The number of aryl methyl sites for hydroxylation is 2. The number of benzene rings is 3. The van der Waals surface area contributed by atoms with Crippen molar-refractivity contribution in [2.24, 2.45) is 0 Å². The third kappa shape index (κ3) is 7.64. The lowest BCUT2D eigenvalue weighted by Gasteiger charge is -2.33. The number of hydrogen-bond acceptors (Lipinski definition) is 5. The van der Waals surface area contributed by atoms with Gasteiger partial charge < -0.3 is 19.9 Å². The Morgan fingerprint density at radius 1 is 0.857 bits per heavy atom. The molecule has 49 heavy (non-hydrogen) atoms. The van der Waals surface area contributed by atoms with E-state index in [9.17, 15) is 41.0 Å². The lowest BCUT2D eigenvalue weighted by Crippen LogP contribution is -2.54. The fourth-order valence-electron chi connectivity index (χ4n) is 5.69. The van der Waals surface area contributed by atoms with E-state index in [1.807, 2.05) is 36.4 Å². The number of halogens is 7. The molecule has 4 rings (SSSR count). The third-order valence-electron chi connectivity index (χ3n) is 8.16. The normalized spacial score (nSPS) is 17.1. The summed E-state index contributed by atoms with van der Waals surface area (Å²) in [5.41, 5.74) is -6.58. The van der Waals surface area contributed by atoms with Crippen molar-refractivity contribution < 1.29 is 50.5 Å². The summed E-state index contributed by atoms with van der Waals surface area (Å²) >= 11 is 2.03. The molecule has 1 atom stereocenters. The first-order chi connectivity index (χ1) is 22.8. The van der Waals surface area contributed by atoms with Crippen LogP contribution in [0.25, 0.3) is 0 Å². The second kappa shape index (κ2) is 14.4. The number of carbonyl (C=O) groups is 2. The first-order valence-corrected chi connectivity index (χ1v) is 16.7. The molecule has 1 aliphatic rings. The van der Waals surface area contributed by atoms with Gasteiger partial charge in [0, 0.05) is 9.13 Å². The largest absolute Gasteiger partial charge is 0.491 e. The van der Waals surface area contributed by atoms with Crippen LogP contribution in [0, 0.1) is 3.57 Å². The van der Waals surface area contributed by atoms with Crippen LogP contribution >= 0.6 is 22.6 Å². The molecule has 1 aliphatic heterocycles. The molecule has 0 spiro atoms. The summed E-state index contributed by atoms with van der Waals surface area (Å²) in [5.74, 6) is 0.386. The van der Waals surface area contributed by atoms with Gasteiger partial charge in [-0.15, -0.1) is 0 Å². The van der Waals surface area contributed by atoms with Crippen molar-refractivity contribution >= 4 is 34.5 Å². The van der Waals surface area contributed by atoms with Gasteiger partial charge in [-0.05, 0) is 121 Å². The molecule has 1 unspecified atom stereocenters. The molecular formula is C35H37F6IN2O5. The van der Waals surface area contributed by atoms with Crippen LogP contribution in [0.3, 0.4) is 0 Å². The minimum atomic E-state index is -6.04. The van der Waals surface area contributed by atoms with Gasteiger partial charge in [0.1, 0.15) is 22.8 Å². The van der Waals surface area contributed by atoms with E-state index in [-0.39, 0.29) is 48.1 Å². The van der Waals surface area contributed by atoms with E-state index in [2.05, 4.69) is 5.32 Å². The fourth-order valence-corrected chi connectivity index (χ4v) is 6.20. The zero-order valence-corrected chi connectivity index (χ0v) is 29.6. The van der Waals surface area contributed by atoms with Crippen molar-refractivity contribution in [1.82, 2.24) is 10.2 Å². The monoisotopic (exact) mass is 806 g/mol. The molecule has 1 fully saturated rings. The van der Waals surface area contributed by atoms with Gasteiger partial charge in [0.2, 0.25) is 0 Å². The number of imide groups is 1. The van der Waals surface area contributed by atoms with Crippen molar-refractivity contribution in [1.29, 1.82) is 0 Å². The highest BCUT2D eigenvalue weighted by molar-refractivity contribution is 14.1. The number of rotatable bonds is 12. The summed E-state index contributed by atoms with van der Waals surface area (Å²) in [6, 6.07) is 12.4. The van der Waals surface area contributed by atoms with Crippen molar-refractivity contribution in [3.05, 3.63) is 86.0 Å². The van der Waals surface area contributed by atoms with Gasteiger partial charge >= 0.3 is 18.4 Å². The van der Waals surface area contributed by atoms with E-state index in [0.717, 1.165) is 4.90 Å². The molecule has 1 heterocycles. The van der Waals surface area contributed by atoms with Crippen LogP contribution in [-0.4, -0.2) is 40.4 Å². The molecular weight excluding hydrogens is 769 g/mol. The average Bonchev–Trinajstić information content (AvgIpc) is 3.22. The van der Waals surface area contributed by atoms with Gasteiger partial charge in [-0.3, -0.25) is 9.69 Å². The van der Waals surface area contributed by atoms with Crippen LogP contribution in [0.5, 0.6) is 17.2 Å². The number of nitrogens with zero attached hydrogens (tertiary/aromatic N) is 1. The zero-order valence-electron chi connectivity index (χ0n) is 27.5.